The van der Waals surface area contributed by atoms with Gasteiger partial charge in [-0.2, -0.15) is 10.2 Å². The molecular formula is C47H50ClN7O6. The molecule has 0 saturated carbocycles. The van der Waals surface area contributed by atoms with Crippen molar-refractivity contribution in [2.24, 2.45) is 14.1 Å². The van der Waals surface area contributed by atoms with E-state index in [1.807, 2.05) is 65.8 Å². The molecule has 1 aliphatic rings. The number of aromatic nitrogens is 6. The SMILES string of the molecule is COC(=O)c1c(CCCOC(C)=O)c2ccc(Cl)c(-c3c(CNCc4cc(CCc5cc(OCc6ccc(OC)cc6)c6ncccc6c5)n(C)n4)nn4c3CCC4)c2n1C. The number of carbonyl (C=O) groups excluding carboxylic acids is 2. The molecule has 0 unspecified atom stereocenters. The van der Waals surface area contributed by atoms with Crippen LogP contribution >= 0.6 is 11.6 Å². The van der Waals surface area contributed by atoms with Crippen LogP contribution in [0.5, 0.6) is 11.5 Å². The van der Waals surface area contributed by atoms with Crippen molar-refractivity contribution < 1.29 is 28.5 Å². The van der Waals surface area contributed by atoms with E-state index in [1.165, 1.54) is 14.0 Å². The van der Waals surface area contributed by atoms with Gasteiger partial charge in [0.2, 0.25) is 0 Å². The van der Waals surface area contributed by atoms with Crippen LogP contribution in [0, 0.1) is 0 Å². The van der Waals surface area contributed by atoms with Crippen LogP contribution in [0.25, 0.3) is 32.9 Å². The number of benzene rings is 3. The van der Waals surface area contributed by atoms with E-state index in [2.05, 4.69) is 39.2 Å². The molecule has 14 heteroatoms. The summed E-state index contributed by atoms with van der Waals surface area (Å²) >= 11 is 7.12. The van der Waals surface area contributed by atoms with Crippen LogP contribution < -0.4 is 14.8 Å². The molecule has 61 heavy (non-hydrogen) atoms. The second-order valence-electron chi connectivity index (χ2n) is 15.4. The highest BCUT2D eigenvalue weighted by molar-refractivity contribution is 6.35. The lowest BCUT2D eigenvalue weighted by atomic mass is 9.97. The van der Waals surface area contributed by atoms with Gasteiger partial charge in [-0.25, -0.2) is 4.79 Å². The molecule has 13 nitrogen and oxygen atoms in total. The highest BCUT2D eigenvalue weighted by Crippen LogP contribution is 2.43. The molecule has 7 aromatic rings. The van der Waals surface area contributed by atoms with Gasteiger partial charge in [0.25, 0.3) is 0 Å². The maximum absolute atomic E-state index is 13.3. The van der Waals surface area contributed by atoms with Gasteiger partial charge in [0.05, 0.1) is 42.8 Å². The highest BCUT2D eigenvalue weighted by Gasteiger charge is 2.30. The van der Waals surface area contributed by atoms with Crippen LogP contribution in [0.4, 0.5) is 0 Å². The molecule has 0 aliphatic carbocycles. The number of rotatable bonds is 17. The van der Waals surface area contributed by atoms with Crippen molar-refractivity contribution >= 4 is 45.3 Å². The number of nitrogens with one attached hydrogen (secondary N) is 1. The summed E-state index contributed by atoms with van der Waals surface area (Å²) in [5, 5.41) is 16.1. The number of hydrogen-bond acceptors (Lipinski definition) is 10. The zero-order valence-corrected chi connectivity index (χ0v) is 36.0. The summed E-state index contributed by atoms with van der Waals surface area (Å²) in [7, 11) is 6.90. The van der Waals surface area contributed by atoms with E-state index in [1.54, 1.807) is 13.3 Å². The molecule has 0 bridgehead atoms. The normalized spacial score (nSPS) is 12.3. The van der Waals surface area contributed by atoms with E-state index < -0.39 is 5.97 Å². The summed E-state index contributed by atoms with van der Waals surface area (Å²) in [5.74, 6) is 0.795. The number of nitrogens with zero attached hydrogens (tertiary/aromatic N) is 6. The second-order valence-corrected chi connectivity index (χ2v) is 15.8. The van der Waals surface area contributed by atoms with Gasteiger partial charge in [0.1, 0.15) is 29.3 Å². The van der Waals surface area contributed by atoms with Crippen LogP contribution in [-0.2, 0) is 80.3 Å². The molecular weight excluding hydrogens is 794 g/mol. The zero-order valence-electron chi connectivity index (χ0n) is 35.2. The van der Waals surface area contributed by atoms with Crippen molar-refractivity contribution in [3.05, 3.63) is 123 Å². The average molecular weight is 844 g/mol. The standard InChI is InChI=1S/C47H50ClN7O6/c1-29(56)60-22-8-10-36-37-18-19-38(48)42(45(37)53(2)46(36)47(57)59-5)43-39(52-55-21-7-11-40(43)55)27-49-26-33-25-34(54(3)51-33)15-12-31-23-32-9-6-20-50-44(32)41(24-31)61-28-30-13-16-35(58-4)17-14-30/h6,9,13-14,16-20,23-25,49H,7-8,10-12,15,21-22,26-28H2,1-5H3. The van der Waals surface area contributed by atoms with Crippen molar-refractivity contribution in [1.82, 2.24) is 34.4 Å². The minimum Gasteiger partial charge on any atom is -0.497 e. The van der Waals surface area contributed by atoms with Crippen LogP contribution in [0.1, 0.15) is 69.7 Å². The number of ether oxygens (including phenoxy) is 4. The van der Waals surface area contributed by atoms with E-state index in [0.717, 1.165) is 116 Å². The third kappa shape index (κ3) is 8.71. The molecule has 0 spiro atoms. The Morgan fingerprint density at radius 1 is 0.918 bits per heavy atom. The minimum absolute atomic E-state index is 0.253. The molecule has 0 radical (unpaired) electrons. The smallest absolute Gasteiger partial charge is 0.354 e. The van der Waals surface area contributed by atoms with Gasteiger partial charge in [0, 0.05) is 80.1 Å². The predicted octanol–water partition coefficient (Wildman–Crippen LogP) is 7.87. The largest absolute Gasteiger partial charge is 0.497 e. The maximum atomic E-state index is 13.3. The van der Waals surface area contributed by atoms with Gasteiger partial charge in [-0.1, -0.05) is 35.9 Å². The number of hydrogen-bond donors (Lipinski definition) is 1. The summed E-state index contributed by atoms with van der Waals surface area (Å²) in [6, 6.07) is 22.2. The van der Waals surface area contributed by atoms with Gasteiger partial charge >= 0.3 is 11.9 Å². The Bertz CT molecular complexity index is 2730. The molecule has 316 valence electrons. The molecule has 3 aromatic carbocycles. The monoisotopic (exact) mass is 843 g/mol. The fourth-order valence-electron chi connectivity index (χ4n) is 8.54. The molecule has 1 aliphatic heterocycles. The molecule has 0 saturated heterocycles. The Labute approximate surface area is 359 Å². The first-order chi connectivity index (χ1) is 29.6. The van der Waals surface area contributed by atoms with Crippen LogP contribution in [0.3, 0.4) is 0 Å². The number of esters is 2. The maximum Gasteiger partial charge on any atom is 0.354 e. The number of pyridine rings is 1. The Balaban J connectivity index is 0.994. The number of fused-ring (bicyclic) bond motifs is 3. The summed E-state index contributed by atoms with van der Waals surface area (Å²) < 4.78 is 28.0. The van der Waals surface area contributed by atoms with E-state index in [9.17, 15) is 9.59 Å². The summed E-state index contributed by atoms with van der Waals surface area (Å²) in [5.41, 5.74) is 11.1. The summed E-state index contributed by atoms with van der Waals surface area (Å²) in [6.07, 6.45) is 6.32. The fraction of sp³-hybridized carbons (Fsp3) is 0.340. The Morgan fingerprint density at radius 2 is 1.75 bits per heavy atom. The lowest BCUT2D eigenvalue weighted by Crippen LogP contribution is -2.15. The lowest BCUT2D eigenvalue weighted by molar-refractivity contribution is -0.141. The number of aryl methyl sites for hydroxylation is 6. The van der Waals surface area contributed by atoms with Gasteiger partial charge in [0.15, 0.2) is 0 Å². The van der Waals surface area contributed by atoms with Crippen molar-refractivity contribution in [3.8, 4) is 22.6 Å². The third-order valence-corrected chi connectivity index (χ3v) is 11.7. The van der Waals surface area contributed by atoms with Crippen LogP contribution in [0.2, 0.25) is 5.02 Å². The average Bonchev–Trinajstić information content (AvgIpc) is 4.02. The molecule has 0 fully saturated rings. The molecule has 5 heterocycles. The lowest BCUT2D eigenvalue weighted by Gasteiger charge is -2.12. The van der Waals surface area contributed by atoms with Crippen molar-refractivity contribution in [2.75, 3.05) is 20.8 Å². The van der Waals surface area contributed by atoms with Gasteiger partial charge < -0.3 is 28.8 Å². The fourth-order valence-corrected chi connectivity index (χ4v) is 8.79. The first kappa shape index (κ1) is 41.5. The van der Waals surface area contributed by atoms with Crippen molar-refractivity contribution in [3.63, 3.8) is 0 Å². The van der Waals surface area contributed by atoms with Gasteiger partial charge in [-0.05, 0) is 97.7 Å². The first-order valence-electron chi connectivity index (χ1n) is 20.6. The van der Waals surface area contributed by atoms with E-state index in [4.69, 9.17) is 40.7 Å². The number of halogens is 1. The number of methoxy groups -OCH3 is 2. The summed E-state index contributed by atoms with van der Waals surface area (Å²) in [6.45, 7) is 3.92. The van der Waals surface area contributed by atoms with E-state index >= 15 is 0 Å². The molecule has 8 rings (SSSR count). The van der Waals surface area contributed by atoms with Gasteiger partial charge in [-0.3, -0.25) is 19.1 Å². The zero-order chi connectivity index (χ0) is 42.6. The Morgan fingerprint density at radius 3 is 2.54 bits per heavy atom. The highest BCUT2D eigenvalue weighted by atomic mass is 35.5. The number of carbonyl (C=O) groups is 2. The van der Waals surface area contributed by atoms with Crippen molar-refractivity contribution in [1.29, 1.82) is 0 Å². The first-order valence-corrected chi connectivity index (χ1v) is 21.0. The quantitative estimate of drug-likeness (QED) is 0.0713. The van der Waals surface area contributed by atoms with Crippen molar-refractivity contribution in [2.45, 2.75) is 71.7 Å². The van der Waals surface area contributed by atoms with Crippen LogP contribution in [-0.4, -0.2) is 61.9 Å². The Hall–Kier alpha value is -6.18. The minimum atomic E-state index is -0.436. The molecule has 1 N–H and O–H groups in total. The topological polar surface area (TPSA) is 137 Å². The van der Waals surface area contributed by atoms with E-state index in [-0.39, 0.29) is 12.6 Å². The predicted molar refractivity (Wildman–Crippen MR) is 234 cm³/mol. The second kappa shape index (κ2) is 18.2. The van der Waals surface area contributed by atoms with E-state index in [0.29, 0.717) is 43.3 Å². The molecule has 0 amide bonds. The molecule has 4 aromatic heterocycles. The Kier molecular flexibility index (Phi) is 12.4. The third-order valence-electron chi connectivity index (χ3n) is 11.4. The van der Waals surface area contributed by atoms with Crippen LogP contribution in [0.15, 0.2) is 72.9 Å². The van der Waals surface area contributed by atoms with Gasteiger partial charge in [-0.15, -0.1) is 0 Å². The molecule has 0 atom stereocenters. The summed E-state index contributed by atoms with van der Waals surface area (Å²) in [4.78, 5) is 29.3.